The third kappa shape index (κ3) is 3.33. The summed E-state index contributed by atoms with van der Waals surface area (Å²) in [4.78, 5) is 0. The van der Waals surface area contributed by atoms with Gasteiger partial charge >= 0.3 is 0 Å². The number of benzene rings is 1. The van der Waals surface area contributed by atoms with Crippen LogP contribution in [0, 0.1) is 23.0 Å². The largest absolute Gasteiger partial charge is 0.313 e. The van der Waals surface area contributed by atoms with E-state index in [-0.39, 0.29) is 17.7 Å². The van der Waals surface area contributed by atoms with Gasteiger partial charge in [0, 0.05) is 11.6 Å². The van der Waals surface area contributed by atoms with Crippen molar-refractivity contribution >= 4 is 0 Å². The van der Waals surface area contributed by atoms with E-state index in [0.29, 0.717) is 16.9 Å². The van der Waals surface area contributed by atoms with E-state index in [2.05, 4.69) is 19.2 Å². The van der Waals surface area contributed by atoms with Crippen LogP contribution in [0.1, 0.15) is 51.1 Å². The van der Waals surface area contributed by atoms with E-state index in [1.807, 2.05) is 7.05 Å². The molecule has 0 saturated heterocycles. The first-order chi connectivity index (χ1) is 8.93. The molecule has 1 saturated carbocycles. The van der Waals surface area contributed by atoms with Gasteiger partial charge in [-0.25, -0.2) is 8.78 Å². The molecule has 3 heteroatoms. The summed E-state index contributed by atoms with van der Waals surface area (Å²) in [7, 11) is 1.83. The molecule has 1 N–H and O–H groups in total. The highest BCUT2D eigenvalue weighted by Gasteiger charge is 2.32. The van der Waals surface area contributed by atoms with E-state index in [4.69, 9.17) is 0 Å². The molecule has 0 heterocycles. The van der Waals surface area contributed by atoms with Gasteiger partial charge in [-0.15, -0.1) is 0 Å². The zero-order chi connectivity index (χ0) is 14.0. The van der Waals surface area contributed by atoms with Gasteiger partial charge < -0.3 is 5.32 Å². The van der Waals surface area contributed by atoms with Gasteiger partial charge in [-0.3, -0.25) is 0 Å². The van der Waals surface area contributed by atoms with Crippen molar-refractivity contribution in [2.75, 3.05) is 7.05 Å². The molecule has 0 bridgehead atoms. The van der Waals surface area contributed by atoms with Gasteiger partial charge in [0.1, 0.15) is 11.6 Å². The normalized spacial score (nSPS) is 21.3. The van der Waals surface area contributed by atoms with Crippen LogP contribution >= 0.6 is 0 Å². The van der Waals surface area contributed by atoms with Crippen molar-refractivity contribution in [3.8, 4) is 0 Å². The summed E-state index contributed by atoms with van der Waals surface area (Å²) in [5, 5.41) is 3.18. The summed E-state index contributed by atoms with van der Waals surface area (Å²) in [5.74, 6) is -0.298. The van der Waals surface area contributed by atoms with Crippen molar-refractivity contribution in [1.82, 2.24) is 5.32 Å². The van der Waals surface area contributed by atoms with Gasteiger partial charge in [0.25, 0.3) is 0 Å². The van der Waals surface area contributed by atoms with Gasteiger partial charge in [0.2, 0.25) is 0 Å². The molecule has 0 aromatic heterocycles. The maximum Gasteiger partial charge on any atom is 0.128 e. The Morgan fingerprint density at radius 3 is 2.42 bits per heavy atom. The van der Waals surface area contributed by atoms with Crippen LogP contribution in [0.4, 0.5) is 8.78 Å². The van der Waals surface area contributed by atoms with E-state index >= 15 is 0 Å². The van der Waals surface area contributed by atoms with E-state index in [9.17, 15) is 8.78 Å². The van der Waals surface area contributed by atoms with Crippen LogP contribution in [-0.2, 0) is 0 Å². The Balaban J connectivity index is 2.18. The van der Waals surface area contributed by atoms with Gasteiger partial charge in [-0.05, 0) is 62.3 Å². The third-order valence-electron chi connectivity index (χ3n) is 4.46. The van der Waals surface area contributed by atoms with Gasteiger partial charge in [-0.1, -0.05) is 13.8 Å². The molecule has 0 radical (unpaired) electrons. The highest BCUT2D eigenvalue weighted by atomic mass is 19.1. The fourth-order valence-electron chi connectivity index (χ4n) is 3.15. The molecule has 106 valence electrons. The molecule has 1 aromatic rings. The van der Waals surface area contributed by atoms with E-state index in [0.717, 1.165) is 25.7 Å². The van der Waals surface area contributed by atoms with Crippen molar-refractivity contribution < 1.29 is 8.78 Å². The van der Waals surface area contributed by atoms with Crippen molar-refractivity contribution in [2.45, 2.75) is 45.6 Å². The Bertz CT molecular complexity index is 432. The van der Waals surface area contributed by atoms with E-state index < -0.39 is 0 Å². The molecular formula is C16H23F2N. The average Bonchev–Trinajstić information content (AvgIpc) is 2.36. The molecule has 1 unspecified atom stereocenters. The Morgan fingerprint density at radius 1 is 1.21 bits per heavy atom. The minimum atomic E-state index is -0.368. The fraction of sp³-hybridized carbons (Fsp3) is 0.625. The predicted molar refractivity (Wildman–Crippen MR) is 73.9 cm³/mol. The maximum absolute atomic E-state index is 13.9. The SMILES string of the molecule is CNC(c1cc(F)ccc1F)C1CCC(C)(C)CC1. The number of rotatable bonds is 3. The van der Waals surface area contributed by atoms with Crippen LogP contribution in [0.5, 0.6) is 0 Å². The topological polar surface area (TPSA) is 12.0 Å². The Labute approximate surface area is 114 Å². The predicted octanol–water partition coefficient (Wildman–Crippen LogP) is 4.44. The van der Waals surface area contributed by atoms with Crippen LogP contribution in [0.25, 0.3) is 0 Å². The quantitative estimate of drug-likeness (QED) is 0.853. The smallest absolute Gasteiger partial charge is 0.128 e. The third-order valence-corrected chi connectivity index (χ3v) is 4.46. The lowest BCUT2D eigenvalue weighted by molar-refractivity contribution is 0.163. The van der Waals surface area contributed by atoms with Crippen molar-refractivity contribution in [2.24, 2.45) is 11.3 Å². The van der Waals surface area contributed by atoms with E-state index in [1.165, 1.54) is 18.2 Å². The summed E-state index contributed by atoms with van der Waals surface area (Å²) in [6, 6.07) is 3.64. The molecular weight excluding hydrogens is 244 g/mol. The van der Waals surface area contributed by atoms with Gasteiger partial charge in [0.05, 0.1) is 0 Å². The van der Waals surface area contributed by atoms with E-state index in [1.54, 1.807) is 0 Å². The number of nitrogens with one attached hydrogen (secondary N) is 1. The van der Waals surface area contributed by atoms with Crippen LogP contribution in [0.3, 0.4) is 0 Å². The zero-order valence-corrected chi connectivity index (χ0v) is 12.0. The number of halogens is 2. The minimum absolute atomic E-state index is 0.0909. The fourth-order valence-corrected chi connectivity index (χ4v) is 3.15. The highest BCUT2D eigenvalue weighted by molar-refractivity contribution is 5.23. The molecule has 1 aliphatic rings. The second-order valence-corrected chi connectivity index (χ2v) is 6.43. The molecule has 1 aromatic carbocycles. The molecule has 1 fully saturated rings. The van der Waals surface area contributed by atoms with Crippen LogP contribution in [0.15, 0.2) is 18.2 Å². The maximum atomic E-state index is 13.9. The number of hydrogen-bond acceptors (Lipinski definition) is 1. The summed E-state index contributed by atoms with van der Waals surface area (Å²) in [6.07, 6.45) is 4.42. The molecule has 1 nitrogen and oxygen atoms in total. The van der Waals surface area contributed by atoms with Gasteiger partial charge in [0.15, 0.2) is 0 Å². The van der Waals surface area contributed by atoms with Crippen molar-refractivity contribution in [3.63, 3.8) is 0 Å². The lowest BCUT2D eigenvalue weighted by atomic mass is 9.70. The van der Waals surface area contributed by atoms with Crippen molar-refractivity contribution in [3.05, 3.63) is 35.4 Å². The first-order valence-corrected chi connectivity index (χ1v) is 7.05. The molecule has 19 heavy (non-hydrogen) atoms. The molecule has 0 amide bonds. The molecule has 2 rings (SSSR count). The minimum Gasteiger partial charge on any atom is -0.313 e. The summed E-state index contributed by atoms with van der Waals surface area (Å²) in [6.45, 7) is 4.56. The van der Waals surface area contributed by atoms with Crippen LogP contribution in [0.2, 0.25) is 0 Å². The molecule has 0 spiro atoms. The first-order valence-electron chi connectivity index (χ1n) is 7.05. The van der Waals surface area contributed by atoms with Crippen molar-refractivity contribution in [1.29, 1.82) is 0 Å². The van der Waals surface area contributed by atoms with Gasteiger partial charge in [-0.2, -0.15) is 0 Å². The second kappa shape index (κ2) is 5.58. The molecule has 1 aliphatic carbocycles. The molecule has 0 aliphatic heterocycles. The Hall–Kier alpha value is -0.960. The van der Waals surface area contributed by atoms with Crippen LogP contribution < -0.4 is 5.32 Å². The van der Waals surface area contributed by atoms with Crippen LogP contribution in [-0.4, -0.2) is 7.05 Å². The number of hydrogen-bond donors (Lipinski definition) is 1. The zero-order valence-electron chi connectivity index (χ0n) is 12.0. The second-order valence-electron chi connectivity index (χ2n) is 6.43. The summed E-state index contributed by atoms with van der Waals surface area (Å²) >= 11 is 0. The standard InChI is InChI=1S/C16H23F2N/c1-16(2)8-6-11(7-9-16)15(19-3)13-10-12(17)4-5-14(13)18/h4-5,10-11,15,19H,6-9H2,1-3H3. The Morgan fingerprint density at radius 2 is 1.84 bits per heavy atom. The summed E-state index contributed by atoms with van der Waals surface area (Å²) < 4.78 is 27.2. The monoisotopic (exact) mass is 267 g/mol. The molecule has 1 atom stereocenters. The first kappa shape index (κ1) is 14.4. The lowest BCUT2D eigenvalue weighted by Gasteiger charge is -2.38. The average molecular weight is 267 g/mol. The summed E-state index contributed by atoms with van der Waals surface area (Å²) in [5.41, 5.74) is 0.849. The lowest BCUT2D eigenvalue weighted by Crippen LogP contribution is -2.31. The highest BCUT2D eigenvalue weighted by Crippen LogP contribution is 2.43. The Kier molecular flexibility index (Phi) is 4.24.